The molecule has 0 N–H and O–H groups in total. The highest BCUT2D eigenvalue weighted by atomic mass is 35.5. The zero-order valence-electron chi connectivity index (χ0n) is 10.9. The number of nitrogens with zero attached hydrogens (tertiary/aromatic N) is 1. The van der Waals surface area contributed by atoms with Gasteiger partial charge in [0.2, 0.25) is 0 Å². The molecule has 1 atom stereocenters. The van der Waals surface area contributed by atoms with Crippen LogP contribution in [0.2, 0.25) is 0 Å². The number of carbonyl (C=O) groups excluding carboxylic acids is 1. The van der Waals surface area contributed by atoms with Crippen molar-refractivity contribution >= 4 is 17.5 Å². The molecule has 0 saturated carbocycles. The first-order chi connectivity index (χ1) is 9.17. The van der Waals surface area contributed by atoms with Gasteiger partial charge in [-0.05, 0) is 37.5 Å². The van der Waals surface area contributed by atoms with E-state index < -0.39 is 5.82 Å². The molecule has 1 unspecified atom stereocenters. The van der Waals surface area contributed by atoms with E-state index >= 15 is 0 Å². The van der Waals surface area contributed by atoms with Crippen molar-refractivity contribution in [1.82, 2.24) is 4.90 Å². The molecule has 2 rings (SSSR count). The van der Waals surface area contributed by atoms with Crippen LogP contribution in [0.25, 0.3) is 0 Å². The number of carbonyl (C=O) groups is 1. The minimum atomic E-state index is -0.521. The number of halogens is 2. The highest BCUT2D eigenvalue weighted by Crippen LogP contribution is 2.23. The van der Waals surface area contributed by atoms with E-state index in [1.165, 1.54) is 19.2 Å². The monoisotopic (exact) mass is 285 g/mol. The number of alkyl halides is 1. The van der Waals surface area contributed by atoms with Crippen molar-refractivity contribution in [2.75, 3.05) is 19.5 Å². The quantitative estimate of drug-likeness (QED) is 0.799. The Morgan fingerprint density at radius 1 is 1.53 bits per heavy atom. The maximum atomic E-state index is 13.6. The average Bonchev–Trinajstić information content (AvgIpc) is 2.46. The standard InChI is InChI=1S/C14H17ClFNO2/c1-19-13-6-5-10(8-12(13)16)14(18)17-7-3-2-4-11(17)9-15/h5-6,8,11H,2-4,7,9H2,1H3. The van der Waals surface area contributed by atoms with Crippen molar-refractivity contribution in [2.24, 2.45) is 0 Å². The first-order valence-corrected chi connectivity index (χ1v) is 6.91. The molecule has 0 spiro atoms. The number of likely N-dealkylation sites (tertiary alicyclic amines) is 1. The second-order valence-electron chi connectivity index (χ2n) is 4.65. The maximum Gasteiger partial charge on any atom is 0.254 e. The van der Waals surface area contributed by atoms with E-state index in [0.29, 0.717) is 18.0 Å². The Bertz CT molecular complexity index is 467. The minimum absolute atomic E-state index is 0.0491. The number of hydrogen-bond donors (Lipinski definition) is 0. The van der Waals surface area contributed by atoms with Crippen LogP contribution in [0.4, 0.5) is 4.39 Å². The summed E-state index contributed by atoms with van der Waals surface area (Å²) in [5.74, 6) is -0.117. The van der Waals surface area contributed by atoms with E-state index in [9.17, 15) is 9.18 Å². The van der Waals surface area contributed by atoms with Crippen LogP contribution >= 0.6 is 11.6 Å². The summed E-state index contributed by atoms with van der Waals surface area (Å²) in [4.78, 5) is 14.1. The summed E-state index contributed by atoms with van der Waals surface area (Å²) in [7, 11) is 1.40. The Morgan fingerprint density at radius 3 is 2.95 bits per heavy atom. The molecule has 3 nitrogen and oxygen atoms in total. The molecule has 19 heavy (non-hydrogen) atoms. The summed E-state index contributed by atoms with van der Waals surface area (Å²) in [5, 5.41) is 0. The number of piperidine rings is 1. The number of methoxy groups -OCH3 is 1. The summed E-state index contributed by atoms with van der Waals surface area (Å²) in [5.41, 5.74) is 0.343. The molecule has 0 bridgehead atoms. The fraction of sp³-hybridized carbons (Fsp3) is 0.500. The molecular weight excluding hydrogens is 269 g/mol. The number of amides is 1. The van der Waals surface area contributed by atoms with Crippen LogP contribution in [0.1, 0.15) is 29.6 Å². The summed E-state index contributed by atoms with van der Waals surface area (Å²) in [6.07, 6.45) is 2.96. The molecule has 1 fully saturated rings. The molecule has 1 heterocycles. The predicted molar refractivity (Wildman–Crippen MR) is 72.3 cm³/mol. The number of hydrogen-bond acceptors (Lipinski definition) is 2. The first-order valence-electron chi connectivity index (χ1n) is 6.38. The van der Waals surface area contributed by atoms with Gasteiger partial charge in [0.25, 0.3) is 5.91 Å². The second kappa shape index (κ2) is 6.24. The summed E-state index contributed by atoms with van der Waals surface area (Å²) in [6, 6.07) is 4.33. The predicted octanol–water partition coefficient (Wildman–Crippen LogP) is 3.07. The fourth-order valence-corrected chi connectivity index (χ4v) is 2.71. The van der Waals surface area contributed by atoms with E-state index in [4.69, 9.17) is 16.3 Å². The van der Waals surface area contributed by atoms with Gasteiger partial charge < -0.3 is 9.64 Å². The highest BCUT2D eigenvalue weighted by molar-refractivity contribution is 6.18. The van der Waals surface area contributed by atoms with Gasteiger partial charge in [-0.3, -0.25) is 4.79 Å². The van der Waals surface area contributed by atoms with Gasteiger partial charge in [-0.2, -0.15) is 0 Å². The molecule has 1 amide bonds. The molecule has 5 heteroatoms. The maximum absolute atomic E-state index is 13.6. The van der Waals surface area contributed by atoms with Crippen molar-refractivity contribution in [3.63, 3.8) is 0 Å². The van der Waals surface area contributed by atoms with Gasteiger partial charge in [-0.25, -0.2) is 4.39 Å². The normalized spacial score (nSPS) is 19.3. The SMILES string of the molecule is COc1ccc(C(=O)N2CCCCC2CCl)cc1F. The number of ether oxygens (including phenoxy) is 1. The third kappa shape index (κ3) is 3.00. The molecule has 1 saturated heterocycles. The summed E-state index contributed by atoms with van der Waals surface area (Å²) in [6.45, 7) is 0.684. The molecule has 0 aromatic heterocycles. The zero-order valence-corrected chi connectivity index (χ0v) is 11.6. The first kappa shape index (κ1) is 14.1. The zero-order chi connectivity index (χ0) is 13.8. The van der Waals surface area contributed by atoms with E-state index in [1.807, 2.05) is 0 Å². The van der Waals surface area contributed by atoms with E-state index in [-0.39, 0.29) is 17.7 Å². The van der Waals surface area contributed by atoms with Gasteiger partial charge in [0.1, 0.15) is 0 Å². The number of rotatable bonds is 3. The van der Waals surface area contributed by atoms with Gasteiger partial charge >= 0.3 is 0 Å². The van der Waals surface area contributed by atoms with Crippen LogP contribution < -0.4 is 4.74 Å². The minimum Gasteiger partial charge on any atom is -0.494 e. The van der Waals surface area contributed by atoms with Crippen molar-refractivity contribution < 1.29 is 13.9 Å². The Kier molecular flexibility index (Phi) is 4.64. The van der Waals surface area contributed by atoms with Gasteiger partial charge in [-0.1, -0.05) is 0 Å². The molecule has 0 radical (unpaired) electrons. The Labute approximate surface area is 117 Å². The Morgan fingerprint density at radius 2 is 2.32 bits per heavy atom. The smallest absolute Gasteiger partial charge is 0.254 e. The lowest BCUT2D eigenvalue weighted by molar-refractivity contribution is 0.0638. The molecule has 1 aromatic rings. The summed E-state index contributed by atoms with van der Waals surface area (Å²) >= 11 is 5.90. The third-order valence-electron chi connectivity index (χ3n) is 3.46. The van der Waals surface area contributed by atoms with Crippen molar-refractivity contribution in [3.05, 3.63) is 29.6 Å². The van der Waals surface area contributed by atoms with Crippen LogP contribution in [0.5, 0.6) is 5.75 Å². The van der Waals surface area contributed by atoms with Gasteiger partial charge in [0.15, 0.2) is 11.6 Å². The van der Waals surface area contributed by atoms with Gasteiger partial charge in [-0.15, -0.1) is 11.6 Å². The van der Waals surface area contributed by atoms with Crippen molar-refractivity contribution in [3.8, 4) is 5.75 Å². The molecule has 1 aromatic carbocycles. The lowest BCUT2D eigenvalue weighted by Gasteiger charge is -2.34. The van der Waals surface area contributed by atoms with Crippen molar-refractivity contribution in [2.45, 2.75) is 25.3 Å². The van der Waals surface area contributed by atoms with E-state index in [0.717, 1.165) is 19.3 Å². The lowest BCUT2D eigenvalue weighted by atomic mass is 10.0. The molecule has 104 valence electrons. The lowest BCUT2D eigenvalue weighted by Crippen LogP contribution is -2.44. The molecule has 1 aliphatic rings. The molecule has 1 aliphatic heterocycles. The van der Waals surface area contributed by atoms with Crippen LogP contribution in [0.3, 0.4) is 0 Å². The molecule has 0 aliphatic carbocycles. The topological polar surface area (TPSA) is 29.5 Å². The highest BCUT2D eigenvalue weighted by Gasteiger charge is 2.27. The van der Waals surface area contributed by atoms with E-state index in [1.54, 1.807) is 11.0 Å². The Hall–Kier alpha value is -1.29. The Balaban J connectivity index is 2.20. The second-order valence-corrected chi connectivity index (χ2v) is 4.96. The van der Waals surface area contributed by atoms with Crippen molar-refractivity contribution in [1.29, 1.82) is 0 Å². The summed E-state index contributed by atoms with van der Waals surface area (Å²) < 4.78 is 18.5. The molecular formula is C14H17ClFNO2. The van der Waals surface area contributed by atoms with Crippen LogP contribution in [0, 0.1) is 5.82 Å². The van der Waals surface area contributed by atoms with Crippen LogP contribution in [-0.2, 0) is 0 Å². The third-order valence-corrected chi connectivity index (χ3v) is 3.82. The van der Waals surface area contributed by atoms with Crippen LogP contribution in [0.15, 0.2) is 18.2 Å². The van der Waals surface area contributed by atoms with E-state index in [2.05, 4.69) is 0 Å². The largest absolute Gasteiger partial charge is 0.494 e. The average molecular weight is 286 g/mol. The van der Waals surface area contributed by atoms with Gasteiger partial charge in [0, 0.05) is 24.0 Å². The van der Waals surface area contributed by atoms with Gasteiger partial charge in [0.05, 0.1) is 7.11 Å². The van der Waals surface area contributed by atoms with Crippen LogP contribution in [-0.4, -0.2) is 36.4 Å². The fourth-order valence-electron chi connectivity index (χ4n) is 2.39. The number of benzene rings is 1.